The van der Waals surface area contributed by atoms with Crippen molar-refractivity contribution in [3.8, 4) is 17.7 Å². The topological polar surface area (TPSA) is 117 Å². The fourth-order valence-corrected chi connectivity index (χ4v) is 4.76. The Labute approximate surface area is 209 Å². The van der Waals surface area contributed by atoms with E-state index in [0.717, 1.165) is 37.1 Å². The number of rotatable bonds is 6. The van der Waals surface area contributed by atoms with Gasteiger partial charge in [-0.1, -0.05) is 0 Å². The Hall–Kier alpha value is -3.68. The Bertz CT molecular complexity index is 1260. The van der Waals surface area contributed by atoms with Crippen LogP contribution in [0.4, 0.5) is 5.95 Å². The lowest BCUT2D eigenvalue weighted by atomic mass is 10.1. The number of aromatic nitrogens is 2. The van der Waals surface area contributed by atoms with Gasteiger partial charge in [0.05, 0.1) is 37.7 Å². The molecule has 188 valence electrons. The largest absolute Gasteiger partial charge is 0.457 e. The highest BCUT2D eigenvalue weighted by molar-refractivity contribution is 5.79. The van der Waals surface area contributed by atoms with E-state index in [-0.39, 0.29) is 11.9 Å². The monoisotopic (exact) mass is 490 g/mol. The highest BCUT2D eigenvalue weighted by Crippen LogP contribution is 2.34. The summed E-state index contributed by atoms with van der Waals surface area (Å²) in [7, 11) is 0. The summed E-state index contributed by atoms with van der Waals surface area (Å²) in [4.78, 5) is 25.9. The molecule has 36 heavy (non-hydrogen) atoms. The maximum absolute atomic E-state index is 12.6. The van der Waals surface area contributed by atoms with Gasteiger partial charge in [0, 0.05) is 38.3 Å². The van der Waals surface area contributed by atoms with Gasteiger partial charge in [-0.25, -0.2) is 4.98 Å². The SMILES string of the molecule is Cc1cc(C#N)cc(C)c1Oc1nc(NC2CCN(CC(=O)N3CCOCC3)CC2)nc2ccoc12. The van der Waals surface area contributed by atoms with Crippen LogP contribution >= 0.6 is 0 Å². The first-order valence-corrected chi connectivity index (χ1v) is 12.3. The fourth-order valence-electron chi connectivity index (χ4n) is 4.76. The number of amides is 1. The Morgan fingerprint density at radius 3 is 2.58 bits per heavy atom. The van der Waals surface area contributed by atoms with E-state index in [1.165, 1.54) is 0 Å². The molecule has 0 aliphatic carbocycles. The number of morpholine rings is 1. The first-order chi connectivity index (χ1) is 17.5. The number of fused-ring (bicyclic) bond motifs is 1. The van der Waals surface area contributed by atoms with E-state index >= 15 is 0 Å². The first kappa shape index (κ1) is 24.0. The molecular weight excluding hydrogens is 460 g/mol. The number of ether oxygens (including phenoxy) is 2. The molecule has 1 aromatic carbocycles. The van der Waals surface area contributed by atoms with Crippen molar-refractivity contribution in [2.24, 2.45) is 0 Å². The molecule has 3 aromatic rings. The van der Waals surface area contributed by atoms with Gasteiger partial charge in [0.2, 0.25) is 17.4 Å². The number of carbonyl (C=O) groups is 1. The van der Waals surface area contributed by atoms with Crippen molar-refractivity contribution in [3.63, 3.8) is 0 Å². The standard InChI is InChI=1S/C26H30N6O4/c1-17-13-19(15-27)14-18(2)23(17)36-25-24-21(5-10-35-24)29-26(30-25)28-20-3-6-31(7-4-20)16-22(33)32-8-11-34-12-9-32/h5,10,13-14,20H,3-4,6-9,11-12,16H2,1-2H3,(H,28,29,30). The van der Waals surface area contributed by atoms with Gasteiger partial charge in [-0.05, 0) is 49.9 Å². The molecule has 2 saturated heterocycles. The molecule has 4 heterocycles. The van der Waals surface area contributed by atoms with Crippen LogP contribution in [0.15, 0.2) is 28.9 Å². The van der Waals surface area contributed by atoms with Crippen LogP contribution in [0.1, 0.15) is 29.5 Å². The number of nitrogens with one attached hydrogen (secondary N) is 1. The van der Waals surface area contributed by atoms with Crippen LogP contribution in [0.3, 0.4) is 0 Å². The number of piperidine rings is 1. The number of likely N-dealkylation sites (tertiary alicyclic amines) is 1. The van der Waals surface area contributed by atoms with Gasteiger partial charge in [0.15, 0.2) is 0 Å². The summed E-state index contributed by atoms with van der Waals surface area (Å²) in [5.74, 6) is 1.63. The quantitative estimate of drug-likeness (QED) is 0.556. The molecule has 0 unspecified atom stereocenters. The number of carbonyl (C=O) groups excluding carboxylic acids is 1. The minimum absolute atomic E-state index is 0.175. The van der Waals surface area contributed by atoms with Crippen LogP contribution in [-0.4, -0.2) is 77.7 Å². The Morgan fingerprint density at radius 1 is 1.17 bits per heavy atom. The summed E-state index contributed by atoms with van der Waals surface area (Å²) < 4.78 is 17.2. The van der Waals surface area contributed by atoms with Crippen molar-refractivity contribution in [1.29, 1.82) is 5.26 Å². The van der Waals surface area contributed by atoms with Crippen molar-refractivity contribution < 1.29 is 18.7 Å². The third-order valence-electron chi connectivity index (χ3n) is 6.70. The predicted octanol–water partition coefficient (Wildman–Crippen LogP) is 3.24. The van der Waals surface area contributed by atoms with Gasteiger partial charge in [-0.3, -0.25) is 9.69 Å². The van der Waals surface area contributed by atoms with Crippen molar-refractivity contribution in [1.82, 2.24) is 19.8 Å². The van der Waals surface area contributed by atoms with E-state index in [9.17, 15) is 10.1 Å². The molecule has 10 heteroatoms. The molecule has 0 saturated carbocycles. The van der Waals surface area contributed by atoms with E-state index < -0.39 is 0 Å². The van der Waals surface area contributed by atoms with Crippen LogP contribution in [0.25, 0.3) is 11.1 Å². The molecule has 2 aliphatic heterocycles. The number of nitrogens with zero attached hydrogens (tertiary/aromatic N) is 5. The lowest BCUT2D eigenvalue weighted by molar-refractivity contribution is -0.136. The van der Waals surface area contributed by atoms with E-state index in [0.29, 0.717) is 67.1 Å². The molecule has 10 nitrogen and oxygen atoms in total. The number of hydrogen-bond donors (Lipinski definition) is 1. The first-order valence-electron chi connectivity index (χ1n) is 12.3. The normalized spacial score (nSPS) is 17.2. The number of hydrogen-bond acceptors (Lipinski definition) is 9. The number of nitriles is 1. The number of aryl methyl sites for hydroxylation is 2. The van der Waals surface area contributed by atoms with Crippen LogP contribution in [0, 0.1) is 25.2 Å². The van der Waals surface area contributed by atoms with Crippen molar-refractivity contribution >= 4 is 23.0 Å². The lowest BCUT2D eigenvalue weighted by Gasteiger charge is -2.34. The average molecular weight is 491 g/mol. The third kappa shape index (κ3) is 5.27. The molecule has 0 bridgehead atoms. The maximum Gasteiger partial charge on any atom is 0.268 e. The smallest absolute Gasteiger partial charge is 0.268 e. The van der Waals surface area contributed by atoms with Gasteiger partial charge in [-0.2, -0.15) is 10.2 Å². The van der Waals surface area contributed by atoms with Crippen molar-refractivity contribution in [2.45, 2.75) is 32.7 Å². The highest BCUT2D eigenvalue weighted by Gasteiger charge is 2.25. The maximum atomic E-state index is 12.6. The van der Waals surface area contributed by atoms with E-state index in [2.05, 4.69) is 26.3 Å². The van der Waals surface area contributed by atoms with Gasteiger partial charge in [0.1, 0.15) is 11.3 Å². The minimum Gasteiger partial charge on any atom is -0.457 e. The number of anilines is 1. The van der Waals surface area contributed by atoms with Crippen molar-refractivity contribution in [2.75, 3.05) is 51.3 Å². The van der Waals surface area contributed by atoms with Gasteiger partial charge in [0.25, 0.3) is 5.88 Å². The van der Waals surface area contributed by atoms with Crippen LogP contribution in [0.5, 0.6) is 11.6 Å². The second-order valence-corrected chi connectivity index (χ2v) is 9.33. The van der Waals surface area contributed by atoms with Gasteiger partial charge in [-0.15, -0.1) is 0 Å². The molecule has 0 radical (unpaired) electrons. The average Bonchev–Trinajstić information content (AvgIpc) is 3.36. The van der Waals surface area contributed by atoms with Crippen LogP contribution in [0.2, 0.25) is 0 Å². The summed E-state index contributed by atoms with van der Waals surface area (Å²) in [6, 6.07) is 7.73. The summed E-state index contributed by atoms with van der Waals surface area (Å²) in [6.45, 7) is 8.51. The Kier molecular flexibility index (Phi) is 7.02. The van der Waals surface area contributed by atoms with E-state index in [4.69, 9.17) is 13.9 Å². The van der Waals surface area contributed by atoms with E-state index in [1.807, 2.05) is 18.7 Å². The molecule has 2 aromatic heterocycles. The Morgan fingerprint density at radius 2 is 1.89 bits per heavy atom. The third-order valence-corrected chi connectivity index (χ3v) is 6.70. The van der Waals surface area contributed by atoms with Crippen LogP contribution < -0.4 is 10.1 Å². The fraction of sp³-hybridized carbons (Fsp3) is 0.462. The predicted molar refractivity (Wildman–Crippen MR) is 133 cm³/mol. The summed E-state index contributed by atoms with van der Waals surface area (Å²) >= 11 is 0. The van der Waals surface area contributed by atoms with E-state index in [1.54, 1.807) is 24.5 Å². The van der Waals surface area contributed by atoms with Crippen LogP contribution in [-0.2, 0) is 9.53 Å². The van der Waals surface area contributed by atoms with Gasteiger partial charge >= 0.3 is 0 Å². The number of benzene rings is 1. The minimum atomic E-state index is 0.175. The second kappa shape index (κ2) is 10.5. The molecule has 0 atom stereocenters. The molecule has 0 spiro atoms. The van der Waals surface area contributed by atoms with Gasteiger partial charge < -0.3 is 24.1 Å². The zero-order valence-electron chi connectivity index (χ0n) is 20.6. The molecule has 2 aliphatic rings. The summed E-state index contributed by atoms with van der Waals surface area (Å²) in [5.41, 5.74) is 3.40. The molecular formula is C26H30N6O4. The molecule has 5 rings (SSSR count). The number of furan rings is 1. The molecule has 1 N–H and O–H groups in total. The Balaban J connectivity index is 1.25. The molecule has 2 fully saturated rings. The lowest BCUT2D eigenvalue weighted by Crippen LogP contribution is -2.48. The zero-order valence-corrected chi connectivity index (χ0v) is 20.6. The highest BCUT2D eigenvalue weighted by atomic mass is 16.5. The molecule has 1 amide bonds. The van der Waals surface area contributed by atoms with Crippen molar-refractivity contribution in [3.05, 3.63) is 41.2 Å². The zero-order chi connectivity index (χ0) is 25.1. The second-order valence-electron chi connectivity index (χ2n) is 9.33. The summed E-state index contributed by atoms with van der Waals surface area (Å²) in [6.07, 6.45) is 3.33. The summed E-state index contributed by atoms with van der Waals surface area (Å²) in [5, 5.41) is 12.7.